The Morgan fingerprint density at radius 1 is 1.36 bits per heavy atom. The van der Waals surface area contributed by atoms with Crippen molar-refractivity contribution in [3.63, 3.8) is 0 Å². The molecule has 0 spiro atoms. The van der Waals surface area contributed by atoms with Gasteiger partial charge >= 0.3 is 5.97 Å². The Balaban J connectivity index is 3.77. The highest BCUT2D eigenvalue weighted by atomic mass is 16.5. The molecule has 1 N–H and O–H groups in total. The summed E-state index contributed by atoms with van der Waals surface area (Å²) in [5.41, 5.74) is 0.928. The molecule has 0 bridgehead atoms. The number of esters is 1. The first-order valence-electron chi connectivity index (χ1n) is 4.95. The summed E-state index contributed by atoms with van der Waals surface area (Å²) in [6, 6.07) is 0. The lowest BCUT2D eigenvalue weighted by molar-refractivity contribution is -0.142. The van der Waals surface area contributed by atoms with Crippen LogP contribution in [0.2, 0.25) is 0 Å². The van der Waals surface area contributed by atoms with Crippen molar-refractivity contribution >= 4 is 5.97 Å². The van der Waals surface area contributed by atoms with Crippen LogP contribution in [-0.2, 0) is 9.53 Å². The van der Waals surface area contributed by atoms with Gasteiger partial charge in [-0.3, -0.25) is 0 Å². The minimum absolute atomic E-state index is 0.132. The highest BCUT2D eigenvalue weighted by molar-refractivity contribution is 5.82. The first-order valence-corrected chi connectivity index (χ1v) is 4.95. The third-order valence-electron chi connectivity index (χ3n) is 1.71. The molecule has 0 saturated carbocycles. The summed E-state index contributed by atoms with van der Waals surface area (Å²) >= 11 is 0. The maximum Gasteiger partial charge on any atom is 0.330 e. The van der Waals surface area contributed by atoms with Crippen molar-refractivity contribution in [2.45, 2.75) is 52.7 Å². The molecule has 0 aliphatic carbocycles. The smallest absolute Gasteiger partial charge is 0.330 e. The van der Waals surface area contributed by atoms with Crippen molar-refractivity contribution in [3.05, 3.63) is 11.6 Å². The van der Waals surface area contributed by atoms with Crippen molar-refractivity contribution in [2.75, 3.05) is 0 Å². The number of aliphatic hydroxyl groups excluding tert-OH is 1. The van der Waals surface area contributed by atoms with Crippen LogP contribution >= 0.6 is 0 Å². The summed E-state index contributed by atoms with van der Waals surface area (Å²) in [6.45, 7) is 7.26. The van der Waals surface area contributed by atoms with E-state index in [1.54, 1.807) is 6.92 Å². The summed E-state index contributed by atoms with van der Waals surface area (Å²) in [5, 5.41) is 9.03. The predicted molar refractivity (Wildman–Crippen MR) is 55.9 cm³/mol. The quantitative estimate of drug-likeness (QED) is 0.545. The normalized spacial score (nSPS) is 14.4. The molecule has 0 rings (SSSR count). The zero-order valence-electron chi connectivity index (χ0n) is 9.41. The number of allylic oxidation sites excluding steroid dienone is 1. The third-order valence-corrected chi connectivity index (χ3v) is 1.71. The minimum atomic E-state index is -0.334. The molecule has 0 radical (unpaired) electrons. The fourth-order valence-corrected chi connectivity index (χ4v) is 1.00. The second-order valence-corrected chi connectivity index (χ2v) is 3.90. The van der Waals surface area contributed by atoms with E-state index in [1.165, 1.54) is 6.08 Å². The van der Waals surface area contributed by atoms with E-state index in [2.05, 4.69) is 0 Å². The largest absolute Gasteiger partial charge is 0.460 e. The molecule has 3 nitrogen and oxygen atoms in total. The Labute approximate surface area is 85.8 Å². The molecule has 0 aliphatic heterocycles. The molecule has 3 heteroatoms. The molecule has 2 unspecified atom stereocenters. The topological polar surface area (TPSA) is 46.5 Å². The van der Waals surface area contributed by atoms with Gasteiger partial charge in [0.05, 0.1) is 12.2 Å². The van der Waals surface area contributed by atoms with E-state index in [0.29, 0.717) is 12.8 Å². The average molecular weight is 200 g/mol. The fraction of sp³-hybridized carbons (Fsp3) is 0.727. The molecule has 0 aromatic carbocycles. The van der Waals surface area contributed by atoms with Gasteiger partial charge in [0.15, 0.2) is 0 Å². The van der Waals surface area contributed by atoms with Crippen LogP contribution in [0.5, 0.6) is 0 Å². The van der Waals surface area contributed by atoms with Gasteiger partial charge in [0.25, 0.3) is 0 Å². The van der Waals surface area contributed by atoms with E-state index in [9.17, 15) is 4.79 Å². The fourth-order valence-electron chi connectivity index (χ4n) is 1.00. The van der Waals surface area contributed by atoms with Crippen LogP contribution in [0.25, 0.3) is 0 Å². The van der Waals surface area contributed by atoms with Crippen LogP contribution in [0.3, 0.4) is 0 Å². The molecular weight excluding hydrogens is 180 g/mol. The molecule has 14 heavy (non-hydrogen) atoms. The van der Waals surface area contributed by atoms with Crippen LogP contribution in [0.4, 0.5) is 0 Å². The molecule has 0 aromatic rings. The van der Waals surface area contributed by atoms with E-state index in [0.717, 1.165) is 5.57 Å². The number of carbonyl (C=O) groups excluding carboxylic acids is 1. The number of hydrogen-bond acceptors (Lipinski definition) is 3. The molecule has 0 aliphatic rings. The van der Waals surface area contributed by atoms with E-state index in [-0.39, 0.29) is 18.2 Å². The average Bonchev–Trinajstić information content (AvgIpc) is 1.98. The van der Waals surface area contributed by atoms with Crippen LogP contribution in [0, 0.1) is 0 Å². The summed E-state index contributed by atoms with van der Waals surface area (Å²) in [6.07, 6.45) is 2.36. The molecule has 0 saturated heterocycles. The van der Waals surface area contributed by atoms with Gasteiger partial charge in [0, 0.05) is 6.08 Å². The summed E-state index contributed by atoms with van der Waals surface area (Å²) in [4.78, 5) is 11.1. The Hall–Kier alpha value is -0.830. The Bertz CT molecular complexity index is 203. The van der Waals surface area contributed by atoms with E-state index in [1.807, 2.05) is 20.8 Å². The SMILES string of the molecule is CC(C)=CC(=O)OC(C)CCC(C)O. The Morgan fingerprint density at radius 2 is 1.93 bits per heavy atom. The summed E-state index contributed by atoms with van der Waals surface area (Å²) in [7, 11) is 0. The Kier molecular flexibility index (Phi) is 6.21. The van der Waals surface area contributed by atoms with Crippen molar-refractivity contribution < 1.29 is 14.6 Å². The maximum atomic E-state index is 11.1. The predicted octanol–water partition coefficient (Wildman–Crippen LogP) is 2.05. The van der Waals surface area contributed by atoms with Gasteiger partial charge in [-0.25, -0.2) is 4.79 Å². The lowest BCUT2D eigenvalue weighted by Crippen LogP contribution is -2.15. The van der Waals surface area contributed by atoms with Crippen molar-refractivity contribution in [1.82, 2.24) is 0 Å². The van der Waals surface area contributed by atoms with Gasteiger partial charge in [-0.15, -0.1) is 0 Å². The molecule has 0 heterocycles. The van der Waals surface area contributed by atoms with Gasteiger partial charge in [-0.2, -0.15) is 0 Å². The number of carbonyl (C=O) groups is 1. The van der Waals surface area contributed by atoms with Gasteiger partial charge in [-0.05, 0) is 40.5 Å². The maximum absolute atomic E-state index is 11.1. The highest BCUT2D eigenvalue weighted by Crippen LogP contribution is 2.05. The van der Waals surface area contributed by atoms with Gasteiger partial charge < -0.3 is 9.84 Å². The minimum Gasteiger partial charge on any atom is -0.460 e. The van der Waals surface area contributed by atoms with Gasteiger partial charge in [-0.1, -0.05) is 5.57 Å². The van der Waals surface area contributed by atoms with Crippen LogP contribution < -0.4 is 0 Å². The van der Waals surface area contributed by atoms with Crippen molar-refractivity contribution in [3.8, 4) is 0 Å². The van der Waals surface area contributed by atoms with E-state index < -0.39 is 0 Å². The van der Waals surface area contributed by atoms with Crippen LogP contribution in [-0.4, -0.2) is 23.3 Å². The second-order valence-electron chi connectivity index (χ2n) is 3.90. The standard InChI is InChI=1S/C11H20O3/c1-8(2)7-11(13)14-10(4)6-5-9(3)12/h7,9-10,12H,5-6H2,1-4H3. The van der Waals surface area contributed by atoms with E-state index >= 15 is 0 Å². The van der Waals surface area contributed by atoms with Gasteiger partial charge in [0.2, 0.25) is 0 Å². The molecule has 0 fully saturated rings. The third kappa shape index (κ3) is 7.80. The summed E-state index contributed by atoms with van der Waals surface area (Å²) < 4.78 is 5.09. The van der Waals surface area contributed by atoms with Crippen LogP contribution in [0.15, 0.2) is 11.6 Å². The van der Waals surface area contributed by atoms with Crippen molar-refractivity contribution in [2.24, 2.45) is 0 Å². The van der Waals surface area contributed by atoms with Crippen molar-refractivity contribution in [1.29, 1.82) is 0 Å². The Morgan fingerprint density at radius 3 is 2.36 bits per heavy atom. The number of hydrogen-bond donors (Lipinski definition) is 1. The lowest BCUT2D eigenvalue weighted by atomic mass is 10.1. The first kappa shape index (κ1) is 13.2. The number of rotatable bonds is 5. The van der Waals surface area contributed by atoms with Crippen LogP contribution in [0.1, 0.15) is 40.5 Å². The zero-order chi connectivity index (χ0) is 11.1. The molecule has 82 valence electrons. The van der Waals surface area contributed by atoms with E-state index in [4.69, 9.17) is 9.84 Å². The molecule has 2 atom stereocenters. The second kappa shape index (κ2) is 6.60. The monoisotopic (exact) mass is 200 g/mol. The highest BCUT2D eigenvalue weighted by Gasteiger charge is 2.08. The zero-order valence-corrected chi connectivity index (χ0v) is 9.41. The molecule has 0 aromatic heterocycles. The number of ether oxygens (including phenoxy) is 1. The summed E-state index contributed by atoms with van der Waals surface area (Å²) in [5.74, 6) is -0.303. The molecule has 0 amide bonds. The van der Waals surface area contributed by atoms with Gasteiger partial charge in [0.1, 0.15) is 0 Å². The lowest BCUT2D eigenvalue weighted by Gasteiger charge is -2.12. The molecular formula is C11H20O3. The number of aliphatic hydroxyl groups is 1. The first-order chi connectivity index (χ1) is 6.41.